The molecule has 2 rings (SSSR count). The summed E-state index contributed by atoms with van der Waals surface area (Å²) in [4.78, 5) is 25.4. The molecule has 1 aliphatic rings. The number of aryl methyl sites for hydroxylation is 1. The average molecular weight is 265 g/mol. The van der Waals surface area contributed by atoms with Crippen LogP contribution in [0.15, 0.2) is 16.7 Å². The van der Waals surface area contributed by atoms with Gasteiger partial charge >= 0.3 is 5.97 Å². The summed E-state index contributed by atoms with van der Waals surface area (Å²) in [5, 5.41) is 0. The number of likely N-dealkylation sites (tertiary alicyclic amines) is 1. The van der Waals surface area contributed by atoms with Crippen LogP contribution < -0.4 is 0 Å². The van der Waals surface area contributed by atoms with Crippen LogP contribution in [-0.4, -0.2) is 36.5 Å². The maximum Gasteiger partial charge on any atom is 0.375 e. The molecule has 1 aromatic heterocycles. The first-order chi connectivity index (χ1) is 9.18. The van der Waals surface area contributed by atoms with Gasteiger partial charge in [0.25, 0.3) is 5.91 Å². The van der Waals surface area contributed by atoms with Crippen molar-refractivity contribution < 1.29 is 18.7 Å². The number of esters is 1. The van der Waals surface area contributed by atoms with Gasteiger partial charge in [0.15, 0.2) is 6.61 Å². The van der Waals surface area contributed by atoms with Crippen molar-refractivity contribution in [1.29, 1.82) is 0 Å². The Balaban J connectivity index is 1.83. The number of ether oxygens (including phenoxy) is 1. The summed E-state index contributed by atoms with van der Waals surface area (Å²) in [5.74, 6) is -0.534. The van der Waals surface area contributed by atoms with Crippen molar-refractivity contribution in [2.75, 3.05) is 19.7 Å². The Labute approximate surface area is 112 Å². The van der Waals surface area contributed by atoms with E-state index in [-0.39, 0.29) is 18.3 Å². The number of nitrogens with zero attached hydrogens (tertiary/aromatic N) is 1. The molecule has 0 saturated carbocycles. The molecule has 19 heavy (non-hydrogen) atoms. The van der Waals surface area contributed by atoms with Gasteiger partial charge < -0.3 is 14.1 Å². The fourth-order valence-electron chi connectivity index (χ4n) is 2.19. The molecule has 104 valence electrons. The molecule has 2 heterocycles. The molecule has 0 spiro atoms. The summed E-state index contributed by atoms with van der Waals surface area (Å²) in [6.45, 7) is 3.07. The number of hydrogen-bond donors (Lipinski definition) is 0. The van der Waals surface area contributed by atoms with E-state index >= 15 is 0 Å². The highest BCUT2D eigenvalue weighted by Gasteiger charge is 2.19. The normalized spacial score (nSPS) is 15.9. The van der Waals surface area contributed by atoms with Gasteiger partial charge in [0, 0.05) is 18.7 Å². The average Bonchev–Trinajstić information content (AvgIpc) is 2.68. The Morgan fingerprint density at radius 3 is 2.53 bits per heavy atom. The van der Waals surface area contributed by atoms with Crippen LogP contribution in [0, 0.1) is 6.92 Å². The molecule has 1 amide bonds. The highest BCUT2D eigenvalue weighted by molar-refractivity contribution is 5.90. The summed E-state index contributed by atoms with van der Waals surface area (Å²) in [5.41, 5.74) is 0.715. The predicted octanol–water partition coefficient (Wildman–Crippen LogP) is 2.15. The molecule has 5 nitrogen and oxygen atoms in total. The molecule has 0 N–H and O–H groups in total. The minimum absolute atomic E-state index is 0.126. The number of furan rings is 1. The Kier molecular flexibility index (Phi) is 4.60. The van der Waals surface area contributed by atoms with E-state index in [1.807, 2.05) is 0 Å². The highest BCUT2D eigenvalue weighted by atomic mass is 16.5. The Hall–Kier alpha value is -1.78. The van der Waals surface area contributed by atoms with Gasteiger partial charge in [-0.2, -0.15) is 0 Å². The second kappa shape index (κ2) is 6.41. The summed E-state index contributed by atoms with van der Waals surface area (Å²) in [7, 11) is 0. The van der Waals surface area contributed by atoms with Crippen molar-refractivity contribution >= 4 is 11.9 Å². The molecule has 0 aromatic carbocycles. The number of carbonyl (C=O) groups is 2. The van der Waals surface area contributed by atoms with E-state index in [1.165, 1.54) is 6.26 Å². The van der Waals surface area contributed by atoms with E-state index in [0.29, 0.717) is 5.56 Å². The van der Waals surface area contributed by atoms with Crippen molar-refractivity contribution in [3.63, 3.8) is 0 Å². The first-order valence-electron chi connectivity index (χ1n) is 6.67. The lowest BCUT2D eigenvalue weighted by Gasteiger charge is -2.19. The number of rotatable bonds is 3. The SMILES string of the molecule is Cc1ccoc1C(=O)OCC(=O)N1CCCCCC1. The highest BCUT2D eigenvalue weighted by Crippen LogP contribution is 2.12. The van der Waals surface area contributed by atoms with Crippen LogP contribution in [0.4, 0.5) is 0 Å². The lowest BCUT2D eigenvalue weighted by molar-refractivity contribution is -0.134. The third kappa shape index (κ3) is 3.59. The van der Waals surface area contributed by atoms with Crippen molar-refractivity contribution in [1.82, 2.24) is 4.90 Å². The lowest BCUT2D eigenvalue weighted by Crippen LogP contribution is -2.35. The van der Waals surface area contributed by atoms with E-state index in [4.69, 9.17) is 9.15 Å². The summed E-state index contributed by atoms with van der Waals surface area (Å²) < 4.78 is 10.0. The lowest BCUT2D eigenvalue weighted by atomic mass is 10.2. The van der Waals surface area contributed by atoms with Crippen molar-refractivity contribution in [2.45, 2.75) is 32.6 Å². The minimum Gasteiger partial charge on any atom is -0.457 e. The van der Waals surface area contributed by atoms with Gasteiger partial charge in [-0.05, 0) is 25.8 Å². The first kappa shape index (κ1) is 13.6. The molecule has 1 saturated heterocycles. The summed E-state index contributed by atoms with van der Waals surface area (Å²) in [6, 6.07) is 1.69. The Morgan fingerprint density at radius 2 is 1.95 bits per heavy atom. The minimum atomic E-state index is -0.578. The molecule has 1 aromatic rings. The predicted molar refractivity (Wildman–Crippen MR) is 68.8 cm³/mol. The van der Waals surface area contributed by atoms with Crippen LogP contribution in [0.1, 0.15) is 41.8 Å². The van der Waals surface area contributed by atoms with Crippen LogP contribution in [0.25, 0.3) is 0 Å². The molecule has 0 atom stereocenters. The molecule has 1 aliphatic heterocycles. The van der Waals surface area contributed by atoms with Gasteiger partial charge in [-0.1, -0.05) is 12.8 Å². The fraction of sp³-hybridized carbons (Fsp3) is 0.571. The fourth-order valence-corrected chi connectivity index (χ4v) is 2.19. The number of hydrogen-bond acceptors (Lipinski definition) is 4. The van der Waals surface area contributed by atoms with Gasteiger partial charge in [0.1, 0.15) is 0 Å². The quantitative estimate of drug-likeness (QED) is 0.786. The zero-order valence-electron chi connectivity index (χ0n) is 11.2. The van der Waals surface area contributed by atoms with E-state index in [2.05, 4.69) is 0 Å². The molecule has 0 bridgehead atoms. The molecular formula is C14H19NO4. The number of amides is 1. The zero-order chi connectivity index (χ0) is 13.7. The van der Waals surface area contributed by atoms with E-state index in [1.54, 1.807) is 17.9 Å². The van der Waals surface area contributed by atoms with Crippen LogP contribution in [0.2, 0.25) is 0 Å². The van der Waals surface area contributed by atoms with Crippen molar-refractivity contribution in [3.05, 3.63) is 23.7 Å². The third-order valence-electron chi connectivity index (χ3n) is 3.33. The summed E-state index contributed by atoms with van der Waals surface area (Å²) in [6.07, 6.45) is 5.81. The van der Waals surface area contributed by atoms with Gasteiger partial charge in [-0.15, -0.1) is 0 Å². The van der Waals surface area contributed by atoms with Crippen molar-refractivity contribution in [2.24, 2.45) is 0 Å². The van der Waals surface area contributed by atoms with Crippen LogP contribution in [-0.2, 0) is 9.53 Å². The Morgan fingerprint density at radius 1 is 1.26 bits per heavy atom. The van der Waals surface area contributed by atoms with Gasteiger partial charge in [-0.3, -0.25) is 4.79 Å². The molecular weight excluding hydrogens is 246 g/mol. The third-order valence-corrected chi connectivity index (χ3v) is 3.33. The monoisotopic (exact) mass is 265 g/mol. The molecule has 0 unspecified atom stereocenters. The van der Waals surface area contributed by atoms with Gasteiger partial charge in [0.2, 0.25) is 5.76 Å². The van der Waals surface area contributed by atoms with E-state index in [9.17, 15) is 9.59 Å². The second-order valence-corrected chi connectivity index (χ2v) is 4.80. The molecule has 1 fully saturated rings. The Bertz CT molecular complexity index is 444. The molecule has 0 aliphatic carbocycles. The van der Waals surface area contributed by atoms with Crippen LogP contribution >= 0.6 is 0 Å². The van der Waals surface area contributed by atoms with E-state index < -0.39 is 5.97 Å². The van der Waals surface area contributed by atoms with Gasteiger partial charge in [-0.25, -0.2) is 4.79 Å². The number of carbonyl (C=O) groups excluding carboxylic acids is 2. The zero-order valence-corrected chi connectivity index (χ0v) is 11.2. The molecule has 5 heteroatoms. The van der Waals surface area contributed by atoms with Crippen LogP contribution in [0.3, 0.4) is 0 Å². The van der Waals surface area contributed by atoms with Crippen molar-refractivity contribution in [3.8, 4) is 0 Å². The summed E-state index contributed by atoms with van der Waals surface area (Å²) >= 11 is 0. The second-order valence-electron chi connectivity index (χ2n) is 4.80. The maximum atomic E-state index is 11.9. The topological polar surface area (TPSA) is 59.8 Å². The molecule has 0 radical (unpaired) electrons. The standard InChI is InChI=1S/C14H19NO4/c1-11-6-9-18-13(11)14(17)19-10-12(16)15-7-4-2-3-5-8-15/h6,9H,2-5,7-8,10H2,1H3. The van der Waals surface area contributed by atoms with E-state index in [0.717, 1.165) is 38.8 Å². The first-order valence-corrected chi connectivity index (χ1v) is 6.67. The largest absolute Gasteiger partial charge is 0.457 e. The van der Waals surface area contributed by atoms with Gasteiger partial charge in [0.05, 0.1) is 6.26 Å². The van der Waals surface area contributed by atoms with Crippen LogP contribution in [0.5, 0.6) is 0 Å². The maximum absolute atomic E-state index is 11.9. The smallest absolute Gasteiger partial charge is 0.375 e.